The summed E-state index contributed by atoms with van der Waals surface area (Å²) in [4.78, 5) is 12.5. The number of nitrogens with one attached hydrogen (secondary N) is 2. The molecule has 76 valence electrons. The third-order valence-corrected chi connectivity index (χ3v) is 2.94. The molecule has 0 aliphatic carbocycles. The summed E-state index contributed by atoms with van der Waals surface area (Å²) in [5.74, 6) is 0.263. The maximum atomic E-state index is 11.6. The summed E-state index contributed by atoms with van der Waals surface area (Å²) in [5, 5.41) is 9.74. The Balaban J connectivity index is 1.77. The second kappa shape index (κ2) is 4.47. The Kier molecular flexibility index (Phi) is 3.05. The number of rotatable bonds is 3. The fourth-order valence-corrected chi connectivity index (χ4v) is 1.89. The quantitative estimate of drug-likeness (QED) is 0.726. The number of carbonyl (C=O) groups excluding carboxylic acids is 1. The van der Waals surface area contributed by atoms with Crippen molar-refractivity contribution in [2.75, 3.05) is 13.1 Å². The lowest BCUT2D eigenvalue weighted by molar-refractivity contribution is -0.124. The van der Waals surface area contributed by atoms with Crippen molar-refractivity contribution in [3.63, 3.8) is 0 Å². The Hall–Kier alpha value is -1.01. The molecule has 0 bridgehead atoms. The zero-order chi connectivity index (χ0) is 9.80. The van der Waals surface area contributed by atoms with E-state index < -0.39 is 0 Å². The van der Waals surface area contributed by atoms with E-state index in [1.165, 1.54) is 11.5 Å². The van der Waals surface area contributed by atoms with E-state index in [1.54, 1.807) is 6.20 Å². The highest BCUT2D eigenvalue weighted by molar-refractivity contribution is 7.05. The Bertz CT molecular complexity index is 294. The van der Waals surface area contributed by atoms with E-state index in [0.29, 0.717) is 6.54 Å². The van der Waals surface area contributed by atoms with Crippen LogP contribution in [0.3, 0.4) is 0 Å². The first-order chi connectivity index (χ1) is 6.86. The zero-order valence-corrected chi connectivity index (χ0v) is 8.51. The van der Waals surface area contributed by atoms with Gasteiger partial charge in [0.05, 0.1) is 23.5 Å². The fraction of sp³-hybridized carbons (Fsp3) is 0.625. The molecule has 1 aromatic rings. The van der Waals surface area contributed by atoms with Gasteiger partial charge in [0, 0.05) is 6.54 Å². The normalized spacial score (nSPS) is 21.0. The molecular weight excluding hydrogens is 200 g/mol. The molecule has 0 aromatic carbocycles. The Morgan fingerprint density at radius 2 is 2.71 bits per heavy atom. The van der Waals surface area contributed by atoms with Gasteiger partial charge in [0.15, 0.2) is 0 Å². The maximum absolute atomic E-state index is 11.6. The fourth-order valence-electron chi connectivity index (χ4n) is 1.46. The Morgan fingerprint density at radius 1 is 1.79 bits per heavy atom. The van der Waals surface area contributed by atoms with Gasteiger partial charge < -0.3 is 10.6 Å². The molecule has 2 heterocycles. The smallest absolute Gasteiger partial charge is 0.224 e. The minimum Gasteiger partial charge on any atom is -0.351 e. The van der Waals surface area contributed by atoms with E-state index in [4.69, 9.17) is 0 Å². The summed E-state index contributed by atoms with van der Waals surface area (Å²) in [6.07, 6.45) is 2.62. The number of hydrogen-bond donors (Lipinski definition) is 2. The van der Waals surface area contributed by atoms with Gasteiger partial charge in [0.2, 0.25) is 5.91 Å². The van der Waals surface area contributed by atoms with Gasteiger partial charge in [-0.15, -0.1) is 5.10 Å². The second-order valence-corrected chi connectivity index (χ2v) is 4.16. The molecule has 2 N–H and O–H groups in total. The van der Waals surface area contributed by atoms with E-state index in [2.05, 4.69) is 20.2 Å². The molecule has 1 aliphatic rings. The van der Waals surface area contributed by atoms with Gasteiger partial charge >= 0.3 is 0 Å². The lowest BCUT2D eigenvalue weighted by atomic mass is 10.1. The highest BCUT2D eigenvalue weighted by Crippen LogP contribution is 2.08. The van der Waals surface area contributed by atoms with Gasteiger partial charge in [0.1, 0.15) is 0 Å². The maximum Gasteiger partial charge on any atom is 0.224 e. The second-order valence-electron chi connectivity index (χ2n) is 3.29. The highest BCUT2D eigenvalue weighted by atomic mass is 32.1. The number of hydrogen-bond acceptors (Lipinski definition) is 5. The minimum absolute atomic E-state index is 0.128. The largest absolute Gasteiger partial charge is 0.351 e. The molecule has 5 nitrogen and oxygen atoms in total. The van der Waals surface area contributed by atoms with Crippen LogP contribution < -0.4 is 10.6 Å². The number of nitrogens with zero attached hydrogens (tertiary/aromatic N) is 2. The summed E-state index contributed by atoms with van der Waals surface area (Å²) in [6.45, 7) is 2.29. The molecule has 2 rings (SSSR count). The van der Waals surface area contributed by atoms with E-state index >= 15 is 0 Å². The summed E-state index contributed by atoms with van der Waals surface area (Å²) in [7, 11) is 0. The monoisotopic (exact) mass is 212 g/mol. The molecule has 0 spiro atoms. The molecular formula is C8H12N4OS. The van der Waals surface area contributed by atoms with Crippen LogP contribution in [-0.4, -0.2) is 28.6 Å². The summed E-state index contributed by atoms with van der Waals surface area (Å²) >= 11 is 1.32. The lowest BCUT2D eigenvalue weighted by Gasteiger charge is -2.07. The SMILES string of the molecule is O=C(NCc1cnns1)C1CCNC1. The van der Waals surface area contributed by atoms with Gasteiger partial charge in [-0.05, 0) is 24.5 Å². The van der Waals surface area contributed by atoms with Gasteiger partial charge in [-0.25, -0.2) is 0 Å². The van der Waals surface area contributed by atoms with Crippen LogP contribution in [0.4, 0.5) is 0 Å². The molecule has 0 saturated carbocycles. The summed E-state index contributed by atoms with van der Waals surface area (Å²) in [6, 6.07) is 0. The van der Waals surface area contributed by atoms with Crippen LogP contribution in [0.5, 0.6) is 0 Å². The molecule has 1 fully saturated rings. The van der Waals surface area contributed by atoms with E-state index in [9.17, 15) is 4.79 Å². The van der Waals surface area contributed by atoms with Crippen LogP contribution in [0, 0.1) is 5.92 Å². The van der Waals surface area contributed by atoms with Crippen LogP contribution in [0.2, 0.25) is 0 Å². The van der Waals surface area contributed by atoms with Crippen LogP contribution in [-0.2, 0) is 11.3 Å². The first kappa shape index (κ1) is 9.54. The number of amides is 1. The minimum atomic E-state index is 0.128. The first-order valence-corrected chi connectivity index (χ1v) is 5.38. The first-order valence-electron chi connectivity index (χ1n) is 4.61. The molecule has 14 heavy (non-hydrogen) atoms. The number of aromatic nitrogens is 2. The topological polar surface area (TPSA) is 66.9 Å². The van der Waals surface area contributed by atoms with Crippen molar-refractivity contribution >= 4 is 17.4 Å². The van der Waals surface area contributed by atoms with Gasteiger partial charge in [-0.2, -0.15) is 0 Å². The van der Waals surface area contributed by atoms with Crippen molar-refractivity contribution < 1.29 is 4.79 Å². The third-order valence-electron chi connectivity index (χ3n) is 2.27. The van der Waals surface area contributed by atoms with Crippen LogP contribution in [0.25, 0.3) is 0 Å². The van der Waals surface area contributed by atoms with E-state index in [1.807, 2.05) is 0 Å². The van der Waals surface area contributed by atoms with Crippen LogP contribution in [0.15, 0.2) is 6.20 Å². The molecule has 6 heteroatoms. The Labute approximate surface area is 86.1 Å². The van der Waals surface area contributed by atoms with E-state index in [-0.39, 0.29) is 11.8 Å². The van der Waals surface area contributed by atoms with Crippen molar-refractivity contribution in [2.24, 2.45) is 5.92 Å². The van der Waals surface area contributed by atoms with Crippen LogP contribution >= 0.6 is 11.5 Å². The average Bonchev–Trinajstić information content (AvgIpc) is 2.87. The molecule has 1 aliphatic heterocycles. The van der Waals surface area contributed by atoms with Crippen molar-refractivity contribution in [2.45, 2.75) is 13.0 Å². The average molecular weight is 212 g/mol. The van der Waals surface area contributed by atoms with Gasteiger partial charge in [0.25, 0.3) is 0 Å². The van der Waals surface area contributed by atoms with Crippen molar-refractivity contribution in [1.82, 2.24) is 20.2 Å². The predicted molar refractivity (Wildman–Crippen MR) is 52.7 cm³/mol. The standard InChI is InChI=1S/C8H12N4OS/c13-8(6-1-2-9-3-6)10-4-7-5-11-12-14-7/h5-6,9H,1-4H2,(H,10,13). The predicted octanol–water partition coefficient (Wildman–Crippen LogP) is -0.236. The third kappa shape index (κ3) is 2.27. The highest BCUT2D eigenvalue weighted by Gasteiger charge is 2.21. The molecule has 1 saturated heterocycles. The van der Waals surface area contributed by atoms with Crippen LogP contribution in [0.1, 0.15) is 11.3 Å². The number of carbonyl (C=O) groups is 1. The van der Waals surface area contributed by atoms with Gasteiger partial charge in [-0.1, -0.05) is 4.49 Å². The van der Waals surface area contributed by atoms with Gasteiger partial charge in [-0.3, -0.25) is 4.79 Å². The van der Waals surface area contributed by atoms with Crippen molar-refractivity contribution in [1.29, 1.82) is 0 Å². The van der Waals surface area contributed by atoms with E-state index in [0.717, 1.165) is 24.4 Å². The molecule has 0 radical (unpaired) electrons. The lowest BCUT2D eigenvalue weighted by Crippen LogP contribution is -2.31. The van der Waals surface area contributed by atoms with Crippen molar-refractivity contribution in [3.05, 3.63) is 11.1 Å². The molecule has 1 aromatic heterocycles. The molecule has 1 atom stereocenters. The molecule has 1 unspecified atom stereocenters. The zero-order valence-electron chi connectivity index (χ0n) is 7.69. The molecule has 1 amide bonds. The summed E-state index contributed by atoms with van der Waals surface area (Å²) < 4.78 is 3.73. The Morgan fingerprint density at radius 3 is 3.36 bits per heavy atom. The van der Waals surface area contributed by atoms with Crippen molar-refractivity contribution in [3.8, 4) is 0 Å². The summed E-state index contributed by atoms with van der Waals surface area (Å²) in [5.41, 5.74) is 0.